The third kappa shape index (κ3) is 4.40. The molecule has 0 aromatic rings. The van der Waals surface area contributed by atoms with E-state index in [9.17, 15) is 9.59 Å². The van der Waals surface area contributed by atoms with Crippen LogP contribution in [0.5, 0.6) is 0 Å². The van der Waals surface area contributed by atoms with E-state index in [1.165, 1.54) is 0 Å². The number of nitrogens with one attached hydrogen (secondary N) is 1. The first-order chi connectivity index (χ1) is 4.66. The third-order valence-electron chi connectivity index (χ3n) is 0.573. The molecule has 4 nitrogen and oxygen atoms in total. The lowest BCUT2D eigenvalue weighted by Gasteiger charge is -1.84. The van der Waals surface area contributed by atoms with Crippen molar-refractivity contribution in [3.8, 4) is 12.5 Å². The minimum atomic E-state index is -1.19. The molecule has 0 spiro atoms. The molecule has 4 heteroatoms. The second-order valence-corrected chi connectivity index (χ2v) is 1.31. The minimum Gasteiger partial charge on any atom is -0.478 e. The average Bonchev–Trinajstić information content (AvgIpc) is 1.85. The van der Waals surface area contributed by atoms with Gasteiger partial charge < -0.3 is 5.11 Å². The van der Waals surface area contributed by atoms with Gasteiger partial charge in [-0.25, -0.2) is 4.79 Å². The van der Waals surface area contributed by atoms with Crippen LogP contribution in [0.4, 0.5) is 0 Å². The number of carboxylic acid groups (broad SMARTS) is 1. The smallest absolute Gasteiger partial charge is 0.328 e. The van der Waals surface area contributed by atoms with Crippen LogP contribution in [0.1, 0.15) is 0 Å². The van der Waals surface area contributed by atoms with Gasteiger partial charge in [0.25, 0.3) is 5.91 Å². The number of hydrogen-bond donors (Lipinski definition) is 2. The normalized spacial score (nSPS) is 8.70. The molecule has 0 aliphatic rings. The van der Waals surface area contributed by atoms with E-state index in [2.05, 4.69) is 6.42 Å². The number of hydrogen-bond acceptors (Lipinski definition) is 2. The van der Waals surface area contributed by atoms with E-state index in [0.29, 0.717) is 6.08 Å². The van der Waals surface area contributed by atoms with E-state index in [1.807, 2.05) is 11.4 Å². The summed E-state index contributed by atoms with van der Waals surface area (Å²) >= 11 is 0. The van der Waals surface area contributed by atoms with Gasteiger partial charge in [0.05, 0.1) is 0 Å². The van der Waals surface area contributed by atoms with Crippen molar-refractivity contribution in [2.45, 2.75) is 0 Å². The highest BCUT2D eigenvalue weighted by Crippen LogP contribution is 1.71. The Kier molecular flexibility index (Phi) is 3.42. The van der Waals surface area contributed by atoms with E-state index in [-0.39, 0.29) is 0 Å². The van der Waals surface area contributed by atoms with Crippen LogP contribution in [0.15, 0.2) is 12.2 Å². The van der Waals surface area contributed by atoms with E-state index < -0.39 is 11.9 Å². The molecule has 0 saturated carbocycles. The predicted molar refractivity (Wildman–Crippen MR) is 33.8 cm³/mol. The molecule has 0 radical (unpaired) electrons. The van der Waals surface area contributed by atoms with E-state index in [4.69, 9.17) is 5.11 Å². The summed E-state index contributed by atoms with van der Waals surface area (Å²) in [4.78, 5) is 20.1. The van der Waals surface area contributed by atoms with Crippen LogP contribution in [-0.4, -0.2) is 17.0 Å². The Morgan fingerprint density at radius 2 is 2.10 bits per heavy atom. The maximum absolute atomic E-state index is 10.3. The Labute approximate surface area is 57.5 Å². The van der Waals surface area contributed by atoms with Crippen LogP contribution >= 0.6 is 0 Å². The lowest BCUT2D eigenvalue weighted by Crippen LogP contribution is -2.13. The molecule has 0 aromatic heterocycles. The number of carboxylic acids is 1. The zero-order valence-electron chi connectivity index (χ0n) is 5.00. The molecular weight excluding hydrogens is 134 g/mol. The molecular formula is C6H5NO3. The van der Waals surface area contributed by atoms with E-state index in [1.54, 1.807) is 0 Å². The molecule has 52 valence electrons. The number of terminal acetylenes is 1. The fourth-order valence-corrected chi connectivity index (χ4v) is 0.260. The van der Waals surface area contributed by atoms with Gasteiger partial charge in [-0.2, -0.15) is 0 Å². The standard InChI is InChI=1S/C6H5NO3/c1-2-7-5(8)3-4-6(9)10/h1,3-4H,(H,7,8)(H,9,10). The second-order valence-electron chi connectivity index (χ2n) is 1.31. The molecule has 0 unspecified atom stereocenters. The molecule has 0 aromatic carbocycles. The molecule has 0 saturated heterocycles. The van der Waals surface area contributed by atoms with Gasteiger partial charge in [-0.3, -0.25) is 10.1 Å². The van der Waals surface area contributed by atoms with Gasteiger partial charge in [-0.05, 0) is 0 Å². The largest absolute Gasteiger partial charge is 0.478 e. The molecule has 10 heavy (non-hydrogen) atoms. The van der Waals surface area contributed by atoms with Crippen molar-refractivity contribution >= 4 is 11.9 Å². The summed E-state index contributed by atoms with van der Waals surface area (Å²) in [6.45, 7) is 0. The summed E-state index contributed by atoms with van der Waals surface area (Å²) in [6.07, 6.45) is 6.21. The topological polar surface area (TPSA) is 66.4 Å². The van der Waals surface area contributed by atoms with E-state index in [0.717, 1.165) is 6.08 Å². The summed E-state index contributed by atoms with van der Waals surface area (Å²) < 4.78 is 0. The van der Waals surface area contributed by atoms with Gasteiger partial charge >= 0.3 is 5.97 Å². The molecule has 0 aliphatic heterocycles. The van der Waals surface area contributed by atoms with Crippen LogP contribution < -0.4 is 5.32 Å². The predicted octanol–water partition coefficient (Wildman–Crippen LogP) is -0.666. The van der Waals surface area contributed by atoms with Gasteiger partial charge in [0, 0.05) is 18.2 Å². The lowest BCUT2D eigenvalue weighted by molar-refractivity contribution is -0.131. The highest BCUT2D eigenvalue weighted by molar-refractivity contribution is 5.94. The van der Waals surface area contributed by atoms with Gasteiger partial charge in [-0.15, -0.1) is 0 Å². The van der Waals surface area contributed by atoms with Gasteiger partial charge in [0.2, 0.25) is 0 Å². The number of amides is 1. The summed E-state index contributed by atoms with van der Waals surface area (Å²) in [6, 6.07) is 1.85. The van der Waals surface area contributed by atoms with Crippen molar-refractivity contribution in [3.63, 3.8) is 0 Å². The number of carbonyl (C=O) groups excluding carboxylic acids is 1. The van der Waals surface area contributed by atoms with Gasteiger partial charge in [0.15, 0.2) is 0 Å². The van der Waals surface area contributed by atoms with Crippen LogP contribution in [0, 0.1) is 12.5 Å². The fraction of sp³-hybridized carbons (Fsp3) is 0. The maximum Gasteiger partial charge on any atom is 0.328 e. The number of carbonyl (C=O) groups is 2. The number of aliphatic carboxylic acids is 1. The van der Waals surface area contributed by atoms with E-state index >= 15 is 0 Å². The molecule has 0 heterocycles. The van der Waals surface area contributed by atoms with Crippen molar-refractivity contribution in [1.29, 1.82) is 0 Å². The highest BCUT2D eigenvalue weighted by atomic mass is 16.4. The average molecular weight is 139 g/mol. The maximum atomic E-state index is 10.3. The minimum absolute atomic E-state index is 0.620. The Morgan fingerprint density at radius 1 is 1.50 bits per heavy atom. The summed E-state index contributed by atoms with van der Waals surface area (Å²) in [5.41, 5.74) is 0. The zero-order chi connectivity index (χ0) is 7.98. The van der Waals surface area contributed by atoms with Gasteiger partial charge in [0.1, 0.15) is 0 Å². The van der Waals surface area contributed by atoms with Crippen LogP contribution in [0.25, 0.3) is 0 Å². The SMILES string of the molecule is C#CNC(=O)C=CC(=O)O. The second kappa shape index (κ2) is 4.15. The first-order valence-corrected chi connectivity index (χ1v) is 2.33. The molecule has 0 fully saturated rings. The van der Waals surface area contributed by atoms with Crippen molar-refractivity contribution in [2.75, 3.05) is 0 Å². The van der Waals surface area contributed by atoms with Crippen LogP contribution in [0.2, 0.25) is 0 Å². The Hall–Kier alpha value is -1.76. The van der Waals surface area contributed by atoms with Crippen molar-refractivity contribution in [1.82, 2.24) is 5.32 Å². The van der Waals surface area contributed by atoms with Crippen molar-refractivity contribution in [3.05, 3.63) is 12.2 Å². The summed E-state index contributed by atoms with van der Waals surface area (Å²) in [5.74, 6) is -1.81. The molecule has 1 amide bonds. The van der Waals surface area contributed by atoms with Gasteiger partial charge in [-0.1, -0.05) is 6.42 Å². The highest BCUT2D eigenvalue weighted by Gasteiger charge is 1.91. The summed E-state index contributed by atoms with van der Waals surface area (Å²) in [5, 5.41) is 9.95. The first kappa shape index (κ1) is 8.24. The fourth-order valence-electron chi connectivity index (χ4n) is 0.260. The molecule has 0 rings (SSSR count). The Bertz CT molecular complexity index is 212. The Balaban J connectivity index is 3.81. The monoisotopic (exact) mass is 139 g/mol. The molecule has 2 N–H and O–H groups in total. The Morgan fingerprint density at radius 3 is 2.50 bits per heavy atom. The van der Waals surface area contributed by atoms with Crippen LogP contribution in [0.3, 0.4) is 0 Å². The van der Waals surface area contributed by atoms with Crippen molar-refractivity contribution in [2.24, 2.45) is 0 Å². The molecule has 0 atom stereocenters. The lowest BCUT2D eigenvalue weighted by atomic mass is 10.5. The molecule has 0 bridgehead atoms. The zero-order valence-corrected chi connectivity index (χ0v) is 5.00. The van der Waals surface area contributed by atoms with Crippen molar-refractivity contribution < 1.29 is 14.7 Å². The third-order valence-corrected chi connectivity index (χ3v) is 0.573. The molecule has 0 aliphatic carbocycles. The summed E-state index contributed by atoms with van der Waals surface area (Å²) in [7, 11) is 0. The van der Waals surface area contributed by atoms with Crippen LogP contribution in [-0.2, 0) is 9.59 Å². The first-order valence-electron chi connectivity index (χ1n) is 2.33. The number of rotatable bonds is 2. The quantitative estimate of drug-likeness (QED) is 0.303.